The second kappa shape index (κ2) is 2.58. The molecular weight excluding hydrogens is 158 g/mol. The number of hydrogen-bond acceptors (Lipinski definition) is 1. The van der Waals surface area contributed by atoms with Crippen LogP contribution >= 0.6 is 0 Å². The quantitative estimate of drug-likeness (QED) is 0.634. The SMILES string of the molecule is c1ccc2c(c1)CC[C@@]21CCCN1. The number of rotatable bonds is 0. The summed E-state index contributed by atoms with van der Waals surface area (Å²) in [5.74, 6) is 0. The topological polar surface area (TPSA) is 12.0 Å². The summed E-state index contributed by atoms with van der Waals surface area (Å²) in [5, 5.41) is 3.69. The zero-order valence-electron chi connectivity index (χ0n) is 7.84. The van der Waals surface area contributed by atoms with Gasteiger partial charge < -0.3 is 5.32 Å². The molecule has 0 aromatic heterocycles. The van der Waals surface area contributed by atoms with Crippen LogP contribution in [0.1, 0.15) is 30.4 Å². The molecular formula is C12H15N. The summed E-state index contributed by atoms with van der Waals surface area (Å²) < 4.78 is 0. The molecule has 2 aliphatic rings. The second-order valence-corrected chi connectivity index (χ2v) is 4.27. The van der Waals surface area contributed by atoms with Crippen LogP contribution in [0.4, 0.5) is 0 Å². The Kier molecular flexibility index (Phi) is 1.50. The van der Waals surface area contributed by atoms with Crippen LogP contribution in [0.25, 0.3) is 0 Å². The highest BCUT2D eigenvalue weighted by Crippen LogP contribution is 2.42. The molecule has 1 saturated heterocycles. The Labute approximate surface area is 79.2 Å². The lowest BCUT2D eigenvalue weighted by Gasteiger charge is -2.24. The van der Waals surface area contributed by atoms with Crippen LogP contribution in [0.2, 0.25) is 0 Å². The van der Waals surface area contributed by atoms with E-state index < -0.39 is 0 Å². The first-order valence-electron chi connectivity index (χ1n) is 5.24. The Hall–Kier alpha value is -0.820. The van der Waals surface area contributed by atoms with Gasteiger partial charge >= 0.3 is 0 Å². The summed E-state index contributed by atoms with van der Waals surface area (Å²) in [7, 11) is 0. The summed E-state index contributed by atoms with van der Waals surface area (Å²) in [6.07, 6.45) is 5.26. The van der Waals surface area contributed by atoms with Crippen LogP contribution in [-0.2, 0) is 12.0 Å². The molecule has 0 bridgehead atoms. The minimum atomic E-state index is 0.372. The Morgan fingerprint density at radius 2 is 2.08 bits per heavy atom. The van der Waals surface area contributed by atoms with Gasteiger partial charge in [-0.25, -0.2) is 0 Å². The predicted molar refractivity (Wildman–Crippen MR) is 53.7 cm³/mol. The Bertz CT molecular complexity index is 324. The van der Waals surface area contributed by atoms with Gasteiger partial charge in [-0.05, 0) is 43.4 Å². The van der Waals surface area contributed by atoms with Gasteiger partial charge in [-0.1, -0.05) is 24.3 Å². The fraction of sp³-hybridized carbons (Fsp3) is 0.500. The highest BCUT2D eigenvalue weighted by Gasteiger charge is 2.40. The third-order valence-electron chi connectivity index (χ3n) is 3.60. The van der Waals surface area contributed by atoms with E-state index in [2.05, 4.69) is 29.6 Å². The summed E-state index contributed by atoms with van der Waals surface area (Å²) >= 11 is 0. The van der Waals surface area contributed by atoms with Crippen LogP contribution in [0.3, 0.4) is 0 Å². The van der Waals surface area contributed by atoms with Gasteiger partial charge in [0.15, 0.2) is 0 Å². The molecule has 1 aromatic rings. The van der Waals surface area contributed by atoms with E-state index in [9.17, 15) is 0 Å². The molecule has 0 unspecified atom stereocenters. The molecule has 1 nitrogen and oxygen atoms in total. The van der Waals surface area contributed by atoms with Crippen molar-refractivity contribution in [3.63, 3.8) is 0 Å². The van der Waals surface area contributed by atoms with Gasteiger partial charge in [0.25, 0.3) is 0 Å². The first kappa shape index (κ1) is 7.57. The highest BCUT2D eigenvalue weighted by molar-refractivity contribution is 5.39. The molecule has 0 saturated carbocycles. The van der Waals surface area contributed by atoms with Crippen LogP contribution < -0.4 is 5.32 Å². The predicted octanol–water partition coefficient (Wildman–Crippen LogP) is 2.21. The molecule has 1 heterocycles. The maximum atomic E-state index is 3.69. The largest absolute Gasteiger partial charge is 0.307 e. The molecule has 13 heavy (non-hydrogen) atoms. The smallest absolute Gasteiger partial charge is 0.0441 e. The molecule has 0 amide bonds. The number of nitrogens with one attached hydrogen (secondary N) is 1. The maximum Gasteiger partial charge on any atom is 0.0441 e. The monoisotopic (exact) mass is 173 g/mol. The standard InChI is InChI=1S/C12H15N/c1-2-5-11-10(4-1)6-8-12(11)7-3-9-13-12/h1-2,4-5,13H,3,6-9H2/t12-/m0/s1. The lowest BCUT2D eigenvalue weighted by Crippen LogP contribution is -2.33. The van der Waals surface area contributed by atoms with Crippen molar-refractivity contribution in [3.8, 4) is 0 Å². The Morgan fingerprint density at radius 3 is 2.92 bits per heavy atom. The van der Waals surface area contributed by atoms with Crippen LogP contribution in [0.15, 0.2) is 24.3 Å². The molecule has 68 valence electrons. The van der Waals surface area contributed by atoms with E-state index in [1.54, 1.807) is 11.1 Å². The van der Waals surface area contributed by atoms with Gasteiger partial charge in [0.1, 0.15) is 0 Å². The lowest BCUT2D eigenvalue weighted by molar-refractivity contribution is 0.389. The molecule has 1 aliphatic carbocycles. The van der Waals surface area contributed by atoms with Crippen molar-refractivity contribution >= 4 is 0 Å². The molecule has 1 N–H and O–H groups in total. The zero-order valence-corrected chi connectivity index (χ0v) is 7.84. The first-order valence-corrected chi connectivity index (χ1v) is 5.24. The van der Waals surface area contributed by atoms with E-state index in [1.165, 1.54) is 32.2 Å². The van der Waals surface area contributed by atoms with Gasteiger partial charge in [-0.15, -0.1) is 0 Å². The third kappa shape index (κ3) is 0.969. The van der Waals surface area contributed by atoms with Crippen molar-refractivity contribution < 1.29 is 0 Å². The molecule has 1 atom stereocenters. The first-order chi connectivity index (χ1) is 6.41. The summed E-state index contributed by atoms with van der Waals surface area (Å²) in [5.41, 5.74) is 3.51. The maximum absolute atomic E-state index is 3.69. The molecule has 1 spiro atoms. The van der Waals surface area contributed by atoms with Crippen LogP contribution in [0, 0.1) is 0 Å². The zero-order chi connectivity index (χ0) is 8.73. The van der Waals surface area contributed by atoms with Crippen molar-refractivity contribution in [1.82, 2.24) is 5.32 Å². The van der Waals surface area contributed by atoms with Crippen molar-refractivity contribution in [2.45, 2.75) is 31.2 Å². The van der Waals surface area contributed by atoms with E-state index in [-0.39, 0.29) is 0 Å². The number of aryl methyl sites for hydroxylation is 1. The van der Waals surface area contributed by atoms with Gasteiger partial charge in [0, 0.05) is 5.54 Å². The fourth-order valence-electron chi connectivity index (χ4n) is 2.94. The van der Waals surface area contributed by atoms with Crippen LogP contribution in [0.5, 0.6) is 0 Å². The number of hydrogen-bond donors (Lipinski definition) is 1. The van der Waals surface area contributed by atoms with Gasteiger partial charge in [-0.2, -0.15) is 0 Å². The van der Waals surface area contributed by atoms with Gasteiger partial charge in [-0.3, -0.25) is 0 Å². The average Bonchev–Trinajstić information content (AvgIpc) is 2.78. The third-order valence-corrected chi connectivity index (χ3v) is 3.60. The second-order valence-electron chi connectivity index (χ2n) is 4.27. The van der Waals surface area contributed by atoms with E-state index in [0.29, 0.717) is 5.54 Å². The van der Waals surface area contributed by atoms with E-state index in [0.717, 1.165) is 0 Å². The molecule has 1 heteroatoms. The molecule has 3 rings (SSSR count). The summed E-state index contributed by atoms with van der Waals surface area (Å²) in [4.78, 5) is 0. The van der Waals surface area contributed by atoms with Crippen molar-refractivity contribution in [2.24, 2.45) is 0 Å². The van der Waals surface area contributed by atoms with Gasteiger partial charge in [0.05, 0.1) is 0 Å². The average molecular weight is 173 g/mol. The van der Waals surface area contributed by atoms with Crippen molar-refractivity contribution in [2.75, 3.05) is 6.54 Å². The van der Waals surface area contributed by atoms with Gasteiger partial charge in [0.2, 0.25) is 0 Å². The van der Waals surface area contributed by atoms with E-state index in [4.69, 9.17) is 0 Å². The highest BCUT2D eigenvalue weighted by atomic mass is 15.0. The molecule has 1 fully saturated rings. The lowest BCUT2D eigenvalue weighted by atomic mass is 9.90. The minimum Gasteiger partial charge on any atom is -0.307 e. The van der Waals surface area contributed by atoms with E-state index >= 15 is 0 Å². The summed E-state index contributed by atoms with van der Waals surface area (Å²) in [6.45, 7) is 1.20. The molecule has 1 aromatic carbocycles. The fourth-order valence-corrected chi connectivity index (χ4v) is 2.94. The van der Waals surface area contributed by atoms with Crippen molar-refractivity contribution in [3.05, 3.63) is 35.4 Å². The Morgan fingerprint density at radius 1 is 1.15 bits per heavy atom. The van der Waals surface area contributed by atoms with Crippen LogP contribution in [-0.4, -0.2) is 6.54 Å². The number of benzene rings is 1. The Balaban J connectivity index is 2.11. The molecule has 1 aliphatic heterocycles. The van der Waals surface area contributed by atoms with E-state index in [1.807, 2.05) is 0 Å². The minimum absolute atomic E-state index is 0.372. The summed E-state index contributed by atoms with van der Waals surface area (Å²) in [6, 6.07) is 8.92. The molecule has 0 radical (unpaired) electrons. The van der Waals surface area contributed by atoms with Crippen molar-refractivity contribution in [1.29, 1.82) is 0 Å². The number of fused-ring (bicyclic) bond motifs is 2. The normalized spacial score (nSPS) is 31.1.